The zero-order valence-electron chi connectivity index (χ0n) is 31.2. The van der Waals surface area contributed by atoms with Crippen molar-refractivity contribution in [1.82, 2.24) is 19.5 Å². The summed E-state index contributed by atoms with van der Waals surface area (Å²) in [7, 11) is 0. The molecule has 0 aliphatic heterocycles. The maximum Gasteiger partial charge on any atom is 0.164 e. The van der Waals surface area contributed by atoms with Gasteiger partial charge < -0.3 is 8.98 Å². The highest BCUT2D eigenvalue weighted by molar-refractivity contribution is 6.23. The topological polar surface area (TPSA) is 56.7 Å². The maximum atomic E-state index is 6.81. The van der Waals surface area contributed by atoms with E-state index in [1.54, 1.807) is 0 Å². The smallest absolute Gasteiger partial charge is 0.164 e. The fraction of sp³-hybridized carbons (Fsp3) is 0. The molecule has 0 unspecified atom stereocenters. The highest BCUT2D eigenvalue weighted by Gasteiger charge is 2.19. The molecule has 3 heterocycles. The van der Waals surface area contributed by atoms with Crippen LogP contribution in [-0.2, 0) is 0 Å². The lowest BCUT2D eigenvalue weighted by atomic mass is 9.94. The van der Waals surface area contributed by atoms with E-state index in [-0.39, 0.29) is 0 Å². The molecule has 58 heavy (non-hydrogen) atoms. The number of benzene rings is 9. The number of para-hydroxylation sites is 2. The van der Waals surface area contributed by atoms with Crippen molar-refractivity contribution in [2.24, 2.45) is 0 Å². The minimum atomic E-state index is 0.591. The average Bonchev–Trinajstić information content (AvgIpc) is 3.84. The minimum Gasteiger partial charge on any atom is -0.456 e. The Morgan fingerprint density at radius 1 is 0.345 bits per heavy atom. The molecule has 0 bridgehead atoms. The van der Waals surface area contributed by atoms with Gasteiger partial charge in [-0.1, -0.05) is 140 Å². The summed E-state index contributed by atoms with van der Waals surface area (Å²) in [5, 5.41) is 9.22. The highest BCUT2D eigenvalue weighted by atomic mass is 16.3. The zero-order valence-corrected chi connectivity index (χ0v) is 31.2. The number of rotatable bonds is 5. The van der Waals surface area contributed by atoms with Crippen LogP contribution in [0.5, 0.6) is 0 Å². The Balaban J connectivity index is 1.02. The first-order chi connectivity index (χ1) is 28.7. The third-order valence-corrected chi connectivity index (χ3v) is 11.4. The summed E-state index contributed by atoms with van der Waals surface area (Å²) in [5.74, 6) is 1.84. The molecule has 9 aromatic carbocycles. The van der Waals surface area contributed by atoms with Crippen LogP contribution in [0.1, 0.15) is 0 Å². The molecule has 3 aromatic heterocycles. The van der Waals surface area contributed by atoms with Crippen LogP contribution in [-0.4, -0.2) is 19.5 Å². The third-order valence-electron chi connectivity index (χ3n) is 11.4. The van der Waals surface area contributed by atoms with Crippen molar-refractivity contribution in [2.75, 3.05) is 0 Å². The lowest BCUT2D eigenvalue weighted by Crippen LogP contribution is -2.00. The van der Waals surface area contributed by atoms with Gasteiger partial charge in [0.2, 0.25) is 0 Å². The van der Waals surface area contributed by atoms with Gasteiger partial charge in [-0.05, 0) is 87.3 Å². The van der Waals surface area contributed by atoms with Gasteiger partial charge in [-0.15, -0.1) is 0 Å². The Labute approximate surface area is 333 Å². The predicted molar refractivity (Wildman–Crippen MR) is 238 cm³/mol. The van der Waals surface area contributed by atoms with Crippen LogP contribution in [0.4, 0.5) is 0 Å². The maximum absolute atomic E-state index is 6.81. The molecule has 0 fully saturated rings. The monoisotopic (exact) mass is 740 g/mol. The summed E-state index contributed by atoms with van der Waals surface area (Å²) in [6.07, 6.45) is 0. The zero-order chi connectivity index (χ0) is 38.2. The van der Waals surface area contributed by atoms with Crippen molar-refractivity contribution in [2.45, 2.75) is 0 Å². The third kappa shape index (κ3) is 5.14. The van der Waals surface area contributed by atoms with Gasteiger partial charge in [0.15, 0.2) is 17.5 Å². The van der Waals surface area contributed by atoms with Crippen molar-refractivity contribution in [3.8, 4) is 51.0 Å². The lowest BCUT2D eigenvalue weighted by molar-refractivity contribution is 0.669. The number of nitrogens with zero attached hydrogens (tertiary/aromatic N) is 4. The number of hydrogen-bond donors (Lipinski definition) is 0. The average molecular weight is 741 g/mol. The van der Waals surface area contributed by atoms with Crippen LogP contribution < -0.4 is 0 Å². The second-order valence-corrected chi connectivity index (χ2v) is 14.8. The van der Waals surface area contributed by atoms with E-state index in [9.17, 15) is 0 Å². The van der Waals surface area contributed by atoms with E-state index < -0.39 is 0 Å². The van der Waals surface area contributed by atoms with Crippen LogP contribution >= 0.6 is 0 Å². The molecule has 0 radical (unpaired) electrons. The molecule has 0 spiro atoms. The molecule has 0 aliphatic carbocycles. The molecule has 0 N–H and O–H groups in total. The van der Waals surface area contributed by atoms with Gasteiger partial charge >= 0.3 is 0 Å². The largest absolute Gasteiger partial charge is 0.456 e. The van der Waals surface area contributed by atoms with Gasteiger partial charge in [-0.3, -0.25) is 0 Å². The Hall–Kier alpha value is -7.89. The molecule has 0 atom stereocenters. The molecule has 12 aromatic rings. The minimum absolute atomic E-state index is 0.591. The van der Waals surface area contributed by atoms with E-state index in [0.717, 1.165) is 66.2 Å². The Kier molecular flexibility index (Phi) is 7.16. The van der Waals surface area contributed by atoms with E-state index in [4.69, 9.17) is 19.4 Å². The van der Waals surface area contributed by atoms with Gasteiger partial charge in [0.05, 0.1) is 11.0 Å². The summed E-state index contributed by atoms with van der Waals surface area (Å²) in [4.78, 5) is 15.1. The summed E-state index contributed by atoms with van der Waals surface area (Å²) >= 11 is 0. The SMILES string of the molecule is c1ccc(-c2nc(-c3ccc4ccccc4c3)nc(-c3ccc4c(c3)oc3cc(-c5ccc6c(c5)c5ccccc5n6-c5ccccc5)c5ccccc5c34)n2)cc1. The van der Waals surface area contributed by atoms with E-state index in [1.165, 1.54) is 32.6 Å². The number of fused-ring (bicyclic) bond motifs is 9. The first-order valence-electron chi connectivity index (χ1n) is 19.5. The number of hydrogen-bond acceptors (Lipinski definition) is 4. The molecule has 0 saturated carbocycles. The second kappa shape index (κ2) is 12.8. The molecular weight excluding hydrogens is 709 g/mol. The first kappa shape index (κ1) is 32.4. The molecular formula is C53H32N4O. The van der Waals surface area contributed by atoms with Crippen LogP contribution in [0.15, 0.2) is 199 Å². The van der Waals surface area contributed by atoms with Gasteiger partial charge in [0, 0.05) is 43.9 Å². The Bertz CT molecular complexity index is 3570. The van der Waals surface area contributed by atoms with Gasteiger partial charge in [0.1, 0.15) is 11.2 Å². The van der Waals surface area contributed by atoms with Crippen LogP contribution in [0.2, 0.25) is 0 Å². The number of furan rings is 1. The van der Waals surface area contributed by atoms with Gasteiger partial charge in [-0.2, -0.15) is 0 Å². The van der Waals surface area contributed by atoms with Crippen molar-refractivity contribution >= 4 is 65.3 Å². The lowest BCUT2D eigenvalue weighted by Gasteiger charge is -2.10. The normalized spacial score (nSPS) is 11.8. The van der Waals surface area contributed by atoms with Gasteiger partial charge in [0.25, 0.3) is 0 Å². The highest BCUT2D eigenvalue weighted by Crippen LogP contribution is 2.43. The predicted octanol–water partition coefficient (Wildman–Crippen LogP) is 13.8. The van der Waals surface area contributed by atoms with E-state index in [1.807, 2.05) is 30.3 Å². The van der Waals surface area contributed by atoms with Crippen molar-refractivity contribution in [3.05, 3.63) is 194 Å². The van der Waals surface area contributed by atoms with Crippen LogP contribution in [0.3, 0.4) is 0 Å². The molecule has 0 saturated heterocycles. The molecule has 5 heteroatoms. The molecule has 12 rings (SSSR count). The first-order valence-corrected chi connectivity index (χ1v) is 19.5. The Morgan fingerprint density at radius 3 is 1.76 bits per heavy atom. The Morgan fingerprint density at radius 2 is 0.948 bits per heavy atom. The van der Waals surface area contributed by atoms with Crippen LogP contribution in [0.25, 0.3) is 116 Å². The number of aromatic nitrogens is 4. The quantitative estimate of drug-likeness (QED) is 0.176. The van der Waals surface area contributed by atoms with Crippen molar-refractivity contribution < 1.29 is 4.42 Å². The standard InChI is InChI=1S/C53H32N4O/c1-3-14-34(15-4-1)51-54-52(37-24-23-33-13-7-8-16-35(33)29-37)56-53(55-51)38-25-27-43-48(31-38)58-49-32-44(40-19-9-10-21-42(40)50(43)49)36-26-28-47-45(30-36)41-20-11-12-22-46(41)57(47)39-17-5-2-6-18-39/h1-32H. The van der Waals surface area contributed by atoms with E-state index >= 15 is 0 Å². The summed E-state index contributed by atoms with van der Waals surface area (Å²) < 4.78 is 9.16. The van der Waals surface area contributed by atoms with Gasteiger partial charge in [-0.25, -0.2) is 15.0 Å². The van der Waals surface area contributed by atoms with E-state index in [2.05, 4.69) is 168 Å². The fourth-order valence-electron chi connectivity index (χ4n) is 8.69. The summed E-state index contributed by atoms with van der Waals surface area (Å²) in [5.41, 5.74) is 10.1. The van der Waals surface area contributed by atoms with Crippen molar-refractivity contribution in [3.63, 3.8) is 0 Å². The molecule has 5 nitrogen and oxygen atoms in total. The molecule has 0 amide bonds. The van der Waals surface area contributed by atoms with Crippen LogP contribution in [0, 0.1) is 0 Å². The molecule has 270 valence electrons. The summed E-state index contributed by atoms with van der Waals surface area (Å²) in [6, 6.07) is 68.1. The molecule has 0 aliphatic rings. The summed E-state index contributed by atoms with van der Waals surface area (Å²) in [6.45, 7) is 0. The fourth-order valence-corrected chi connectivity index (χ4v) is 8.69. The second-order valence-electron chi connectivity index (χ2n) is 14.8. The van der Waals surface area contributed by atoms with E-state index in [0.29, 0.717) is 17.5 Å². The van der Waals surface area contributed by atoms with Crippen molar-refractivity contribution in [1.29, 1.82) is 0 Å².